The van der Waals surface area contributed by atoms with E-state index in [0.717, 1.165) is 40.5 Å². The van der Waals surface area contributed by atoms with Gasteiger partial charge in [0, 0.05) is 11.1 Å². The summed E-state index contributed by atoms with van der Waals surface area (Å²) in [7, 11) is 0. The Morgan fingerprint density at radius 1 is 1.05 bits per heavy atom. The number of nitrogens with two attached hydrogens (primary N) is 1. The highest BCUT2D eigenvalue weighted by atomic mass is 35.5. The van der Waals surface area contributed by atoms with Crippen LogP contribution < -0.4 is 10.5 Å². The summed E-state index contributed by atoms with van der Waals surface area (Å²) in [6.07, 6.45) is 1.82. The van der Waals surface area contributed by atoms with Gasteiger partial charge in [0.2, 0.25) is 0 Å². The quantitative estimate of drug-likeness (QED) is 0.830. The molecule has 0 aliphatic rings. The molecule has 0 aromatic heterocycles. The van der Waals surface area contributed by atoms with Crippen molar-refractivity contribution in [2.45, 2.75) is 32.7 Å². The minimum Gasteiger partial charge on any atom is -0.457 e. The van der Waals surface area contributed by atoms with Crippen LogP contribution in [0.15, 0.2) is 42.5 Å². The summed E-state index contributed by atoms with van der Waals surface area (Å²) in [5.74, 6) is 1.61. The van der Waals surface area contributed by atoms with Crippen molar-refractivity contribution in [2.24, 2.45) is 5.73 Å². The van der Waals surface area contributed by atoms with E-state index in [0.29, 0.717) is 0 Å². The van der Waals surface area contributed by atoms with Gasteiger partial charge in [0.05, 0.1) is 0 Å². The summed E-state index contributed by atoms with van der Waals surface area (Å²) in [6.45, 7) is 4.15. The van der Waals surface area contributed by atoms with Crippen LogP contribution >= 0.6 is 11.6 Å². The maximum absolute atomic E-state index is 6.10. The molecule has 2 rings (SSSR count). The number of halogens is 1. The largest absolute Gasteiger partial charge is 0.457 e. The molecular weight excluding hydrogens is 270 g/mol. The first-order chi connectivity index (χ1) is 9.63. The zero-order chi connectivity index (χ0) is 14.5. The second-order valence-corrected chi connectivity index (χ2v) is 5.20. The standard InChI is InChI=1S/C17H20ClNO/c1-3-12-11-15(9-10-16(12)18)20-14-7-5-13(6-8-14)17(19)4-2/h5-11,17H,3-4,19H2,1-2H3. The van der Waals surface area contributed by atoms with Crippen molar-refractivity contribution in [2.75, 3.05) is 0 Å². The molecule has 0 saturated heterocycles. The van der Waals surface area contributed by atoms with Gasteiger partial charge in [-0.2, -0.15) is 0 Å². The Morgan fingerprint density at radius 2 is 1.70 bits per heavy atom. The van der Waals surface area contributed by atoms with E-state index in [9.17, 15) is 0 Å². The lowest BCUT2D eigenvalue weighted by Gasteiger charge is -2.11. The molecule has 106 valence electrons. The normalized spacial score (nSPS) is 12.2. The number of benzene rings is 2. The molecule has 2 aromatic rings. The fourth-order valence-corrected chi connectivity index (χ4v) is 2.29. The van der Waals surface area contributed by atoms with Crippen LogP contribution in [0.3, 0.4) is 0 Å². The van der Waals surface area contributed by atoms with E-state index in [4.69, 9.17) is 22.1 Å². The van der Waals surface area contributed by atoms with Gasteiger partial charge < -0.3 is 10.5 Å². The molecule has 1 unspecified atom stereocenters. The molecule has 3 heteroatoms. The average Bonchev–Trinajstić information content (AvgIpc) is 2.49. The summed E-state index contributed by atoms with van der Waals surface area (Å²) in [6, 6.07) is 13.8. The Kier molecular flexibility index (Phi) is 5.05. The van der Waals surface area contributed by atoms with E-state index in [-0.39, 0.29) is 6.04 Å². The molecule has 0 radical (unpaired) electrons. The maximum atomic E-state index is 6.10. The van der Waals surface area contributed by atoms with Gasteiger partial charge in [-0.25, -0.2) is 0 Å². The monoisotopic (exact) mass is 289 g/mol. The van der Waals surface area contributed by atoms with Gasteiger partial charge in [-0.15, -0.1) is 0 Å². The predicted molar refractivity (Wildman–Crippen MR) is 84.6 cm³/mol. The summed E-state index contributed by atoms with van der Waals surface area (Å²) in [5.41, 5.74) is 8.22. The summed E-state index contributed by atoms with van der Waals surface area (Å²) in [4.78, 5) is 0. The highest BCUT2D eigenvalue weighted by molar-refractivity contribution is 6.31. The second-order valence-electron chi connectivity index (χ2n) is 4.79. The van der Waals surface area contributed by atoms with Gasteiger partial charge >= 0.3 is 0 Å². The number of aryl methyl sites for hydroxylation is 1. The number of rotatable bonds is 5. The molecule has 1 atom stereocenters. The number of hydrogen-bond donors (Lipinski definition) is 1. The smallest absolute Gasteiger partial charge is 0.127 e. The van der Waals surface area contributed by atoms with Gasteiger partial charge in [-0.3, -0.25) is 0 Å². The Bertz CT molecular complexity index is 566. The number of hydrogen-bond acceptors (Lipinski definition) is 2. The molecule has 0 spiro atoms. The molecule has 0 fully saturated rings. The van der Waals surface area contributed by atoms with Crippen LogP contribution in [-0.2, 0) is 6.42 Å². The molecule has 0 bridgehead atoms. The van der Waals surface area contributed by atoms with Crippen LogP contribution in [-0.4, -0.2) is 0 Å². The molecule has 2 aromatic carbocycles. The van der Waals surface area contributed by atoms with Crippen LogP contribution in [0.2, 0.25) is 5.02 Å². The number of ether oxygens (including phenoxy) is 1. The predicted octanol–water partition coefficient (Wildman–Crippen LogP) is 5.10. The van der Waals surface area contributed by atoms with Crippen molar-refractivity contribution in [3.63, 3.8) is 0 Å². The minimum absolute atomic E-state index is 0.0891. The highest BCUT2D eigenvalue weighted by Gasteiger charge is 2.05. The third-order valence-corrected chi connectivity index (χ3v) is 3.75. The van der Waals surface area contributed by atoms with E-state index in [2.05, 4.69) is 13.8 Å². The highest BCUT2D eigenvalue weighted by Crippen LogP contribution is 2.27. The minimum atomic E-state index is 0.0891. The van der Waals surface area contributed by atoms with Crippen molar-refractivity contribution in [3.8, 4) is 11.5 Å². The van der Waals surface area contributed by atoms with Gasteiger partial charge in [-0.1, -0.05) is 37.6 Å². The van der Waals surface area contributed by atoms with E-state index < -0.39 is 0 Å². The summed E-state index contributed by atoms with van der Waals surface area (Å²) in [5, 5.41) is 0.782. The lowest BCUT2D eigenvalue weighted by atomic mass is 10.1. The molecule has 2 N–H and O–H groups in total. The Balaban J connectivity index is 2.14. The third-order valence-electron chi connectivity index (χ3n) is 3.38. The van der Waals surface area contributed by atoms with Gasteiger partial charge in [0.25, 0.3) is 0 Å². The first-order valence-corrected chi connectivity index (χ1v) is 7.33. The molecule has 20 heavy (non-hydrogen) atoms. The molecule has 2 nitrogen and oxygen atoms in total. The molecule has 0 aliphatic heterocycles. The van der Waals surface area contributed by atoms with Crippen molar-refractivity contribution >= 4 is 11.6 Å². The first-order valence-electron chi connectivity index (χ1n) is 6.95. The van der Waals surface area contributed by atoms with Crippen LogP contribution in [0.5, 0.6) is 11.5 Å². The lowest BCUT2D eigenvalue weighted by molar-refractivity contribution is 0.481. The van der Waals surface area contributed by atoms with Crippen LogP contribution in [0.4, 0.5) is 0 Å². The van der Waals surface area contributed by atoms with Gasteiger partial charge in [-0.05, 0) is 54.3 Å². The zero-order valence-corrected chi connectivity index (χ0v) is 12.7. The topological polar surface area (TPSA) is 35.2 Å². The Hall–Kier alpha value is -1.51. The summed E-state index contributed by atoms with van der Waals surface area (Å²) < 4.78 is 5.84. The van der Waals surface area contributed by atoms with Crippen LogP contribution in [0, 0.1) is 0 Å². The third kappa shape index (κ3) is 3.53. The van der Waals surface area contributed by atoms with Crippen molar-refractivity contribution in [3.05, 3.63) is 58.6 Å². The second kappa shape index (κ2) is 6.78. The van der Waals surface area contributed by atoms with Crippen molar-refractivity contribution in [1.82, 2.24) is 0 Å². The summed E-state index contributed by atoms with van der Waals surface area (Å²) >= 11 is 6.10. The van der Waals surface area contributed by atoms with E-state index in [1.165, 1.54) is 0 Å². The SMILES string of the molecule is CCc1cc(Oc2ccc(C(N)CC)cc2)ccc1Cl. The Labute approximate surface area is 125 Å². The van der Waals surface area contributed by atoms with E-state index >= 15 is 0 Å². The van der Waals surface area contributed by atoms with Gasteiger partial charge in [0.15, 0.2) is 0 Å². The van der Waals surface area contributed by atoms with Crippen molar-refractivity contribution in [1.29, 1.82) is 0 Å². The zero-order valence-electron chi connectivity index (χ0n) is 11.9. The molecule has 0 heterocycles. The van der Waals surface area contributed by atoms with E-state index in [1.54, 1.807) is 0 Å². The maximum Gasteiger partial charge on any atom is 0.127 e. The van der Waals surface area contributed by atoms with Crippen molar-refractivity contribution < 1.29 is 4.74 Å². The van der Waals surface area contributed by atoms with Gasteiger partial charge in [0.1, 0.15) is 11.5 Å². The first kappa shape index (κ1) is 14.9. The van der Waals surface area contributed by atoms with Crippen LogP contribution in [0.1, 0.15) is 37.4 Å². The molecule has 0 amide bonds. The van der Waals surface area contributed by atoms with E-state index in [1.807, 2.05) is 42.5 Å². The average molecular weight is 290 g/mol. The molecule has 0 saturated carbocycles. The molecular formula is C17H20ClNO. The fourth-order valence-electron chi connectivity index (χ4n) is 2.04. The fraction of sp³-hybridized carbons (Fsp3) is 0.294. The van der Waals surface area contributed by atoms with Crippen LogP contribution in [0.25, 0.3) is 0 Å². The Morgan fingerprint density at radius 3 is 2.30 bits per heavy atom. The lowest BCUT2D eigenvalue weighted by Crippen LogP contribution is -2.07. The molecule has 0 aliphatic carbocycles.